The second-order valence-electron chi connectivity index (χ2n) is 7.66. The summed E-state index contributed by atoms with van der Waals surface area (Å²) in [5.41, 5.74) is 1.19. The third-order valence-corrected chi connectivity index (χ3v) is 6.85. The molecular weight excluding hydrogens is 497 g/mol. The quantitative estimate of drug-likeness (QED) is 0.451. The number of benzene rings is 2. The smallest absolute Gasteiger partial charge is 0.262 e. The molecule has 7 nitrogen and oxygen atoms in total. The Kier molecular flexibility index (Phi) is 7.72. The van der Waals surface area contributed by atoms with Gasteiger partial charge in [0.2, 0.25) is 11.8 Å². The average Bonchev–Trinajstić information content (AvgIpc) is 3.49. The molecule has 176 valence electrons. The highest BCUT2D eigenvalue weighted by Crippen LogP contribution is 2.28. The molecule has 0 radical (unpaired) electrons. The van der Waals surface area contributed by atoms with E-state index in [1.165, 1.54) is 0 Å². The van der Waals surface area contributed by atoms with Gasteiger partial charge in [-0.25, -0.2) is 0 Å². The Bertz CT molecular complexity index is 1190. The molecule has 1 aliphatic heterocycles. The summed E-state index contributed by atoms with van der Waals surface area (Å²) in [6.07, 6.45) is 0.170. The number of ether oxygens (including phenoxy) is 1. The van der Waals surface area contributed by atoms with E-state index < -0.39 is 5.92 Å². The summed E-state index contributed by atoms with van der Waals surface area (Å²) in [6.45, 7) is 0.585. The van der Waals surface area contributed by atoms with E-state index in [9.17, 15) is 14.4 Å². The van der Waals surface area contributed by atoms with Gasteiger partial charge >= 0.3 is 0 Å². The molecule has 1 fully saturated rings. The monoisotopic (exact) mass is 517 g/mol. The Morgan fingerprint density at radius 1 is 1.09 bits per heavy atom. The minimum absolute atomic E-state index is 0.106. The highest BCUT2D eigenvalue weighted by atomic mass is 35.5. The van der Waals surface area contributed by atoms with Crippen LogP contribution in [-0.4, -0.2) is 30.9 Å². The van der Waals surface area contributed by atoms with Gasteiger partial charge in [-0.2, -0.15) is 0 Å². The third kappa shape index (κ3) is 6.08. The fraction of sp³-hybridized carbons (Fsp3) is 0.208. The van der Waals surface area contributed by atoms with Gasteiger partial charge in [0.25, 0.3) is 5.91 Å². The number of thiophene rings is 1. The number of carbonyl (C=O) groups is 3. The number of nitrogens with one attached hydrogen (secondary N) is 2. The molecule has 0 unspecified atom stereocenters. The molecule has 1 aliphatic rings. The van der Waals surface area contributed by atoms with Gasteiger partial charge in [0.15, 0.2) is 6.61 Å². The number of carbonyl (C=O) groups excluding carboxylic acids is 3. The average molecular weight is 518 g/mol. The number of nitrogens with zero attached hydrogens (tertiary/aromatic N) is 1. The fourth-order valence-corrected chi connectivity index (χ4v) is 4.45. The zero-order chi connectivity index (χ0) is 24.1. The summed E-state index contributed by atoms with van der Waals surface area (Å²) in [5.74, 6) is -0.505. The topological polar surface area (TPSA) is 87.7 Å². The first-order valence-corrected chi connectivity index (χ1v) is 12.1. The molecule has 2 heterocycles. The van der Waals surface area contributed by atoms with E-state index in [1.807, 2.05) is 17.5 Å². The Hall–Kier alpha value is -3.07. The van der Waals surface area contributed by atoms with Gasteiger partial charge in [0, 0.05) is 29.2 Å². The molecule has 0 saturated carbocycles. The second-order valence-corrected chi connectivity index (χ2v) is 9.51. The van der Waals surface area contributed by atoms with Crippen LogP contribution in [0, 0.1) is 5.92 Å². The molecule has 0 aliphatic carbocycles. The molecule has 3 amide bonds. The molecule has 1 saturated heterocycles. The summed E-state index contributed by atoms with van der Waals surface area (Å²) >= 11 is 13.4. The van der Waals surface area contributed by atoms with Crippen molar-refractivity contribution in [3.05, 3.63) is 74.9 Å². The van der Waals surface area contributed by atoms with Gasteiger partial charge in [-0.1, -0.05) is 29.3 Å². The SMILES string of the molecule is O=C(COc1ccc(N2C[C@@H](C(=O)NCc3cccs3)CC2=O)cc1)Nc1ccc(Cl)c(Cl)c1. The van der Waals surface area contributed by atoms with Crippen molar-refractivity contribution in [3.8, 4) is 5.75 Å². The second kappa shape index (κ2) is 10.9. The van der Waals surface area contributed by atoms with E-state index in [2.05, 4.69) is 10.6 Å². The summed E-state index contributed by atoms with van der Waals surface area (Å²) in [4.78, 5) is 39.7. The zero-order valence-electron chi connectivity index (χ0n) is 17.9. The first kappa shape index (κ1) is 24.1. The number of rotatable bonds is 8. The summed E-state index contributed by atoms with van der Waals surface area (Å²) in [5, 5.41) is 8.28. The van der Waals surface area contributed by atoms with E-state index in [-0.39, 0.29) is 30.7 Å². The standard InChI is InChI=1S/C24H21Cl2N3O4S/c25-20-8-3-16(11-21(20)26)28-22(30)14-33-18-6-4-17(5-7-18)29-13-15(10-23(29)31)24(32)27-12-19-2-1-9-34-19/h1-9,11,15H,10,12-14H2,(H,27,32)(H,28,30)/t15-/m0/s1. The van der Waals surface area contributed by atoms with E-state index in [0.717, 1.165) is 4.88 Å². The molecular formula is C24H21Cl2N3O4S. The highest BCUT2D eigenvalue weighted by Gasteiger charge is 2.35. The van der Waals surface area contributed by atoms with Crippen molar-refractivity contribution in [1.82, 2.24) is 5.32 Å². The predicted molar refractivity (Wildman–Crippen MR) is 134 cm³/mol. The van der Waals surface area contributed by atoms with E-state index >= 15 is 0 Å². The van der Waals surface area contributed by atoms with Crippen LogP contribution in [-0.2, 0) is 20.9 Å². The van der Waals surface area contributed by atoms with E-state index in [4.69, 9.17) is 27.9 Å². The summed E-state index contributed by atoms with van der Waals surface area (Å²) < 4.78 is 5.53. The van der Waals surface area contributed by atoms with Crippen LogP contribution < -0.4 is 20.3 Å². The summed E-state index contributed by atoms with van der Waals surface area (Å²) in [7, 11) is 0. The van der Waals surface area contributed by atoms with Crippen molar-refractivity contribution in [2.45, 2.75) is 13.0 Å². The summed E-state index contributed by atoms with van der Waals surface area (Å²) in [6, 6.07) is 15.5. The molecule has 34 heavy (non-hydrogen) atoms. The van der Waals surface area contributed by atoms with Crippen LogP contribution in [0.3, 0.4) is 0 Å². The lowest BCUT2D eigenvalue weighted by molar-refractivity contribution is -0.126. The highest BCUT2D eigenvalue weighted by molar-refractivity contribution is 7.09. The molecule has 10 heteroatoms. The number of hydrogen-bond acceptors (Lipinski definition) is 5. The normalized spacial score (nSPS) is 15.3. The Labute approximate surface area is 210 Å². The first-order valence-electron chi connectivity index (χ1n) is 10.5. The molecule has 3 aromatic rings. The molecule has 4 rings (SSSR count). The lowest BCUT2D eigenvalue weighted by atomic mass is 10.1. The largest absolute Gasteiger partial charge is 0.484 e. The molecule has 2 aromatic carbocycles. The Morgan fingerprint density at radius 3 is 2.59 bits per heavy atom. The van der Waals surface area contributed by atoms with Crippen LogP contribution in [0.1, 0.15) is 11.3 Å². The van der Waals surface area contributed by atoms with Crippen molar-refractivity contribution in [2.75, 3.05) is 23.4 Å². The van der Waals surface area contributed by atoms with Crippen LogP contribution in [0.5, 0.6) is 5.75 Å². The van der Waals surface area contributed by atoms with E-state index in [1.54, 1.807) is 58.7 Å². The van der Waals surface area contributed by atoms with Crippen molar-refractivity contribution < 1.29 is 19.1 Å². The predicted octanol–water partition coefficient (Wildman–Crippen LogP) is 4.74. The number of halogens is 2. The number of anilines is 2. The maximum Gasteiger partial charge on any atom is 0.262 e. The third-order valence-electron chi connectivity index (χ3n) is 5.23. The molecule has 1 aromatic heterocycles. The number of amides is 3. The fourth-order valence-electron chi connectivity index (χ4n) is 3.51. The van der Waals surface area contributed by atoms with Crippen molar-refractivity contribution in [2.24, 2.45) is 5.92 Å². The Balaban J connectivity index is 1.27. The van der Waals surface area contributed by atoms with Crippen molar-refractivity contribution in [3.63, 3.8) is 0 Å². The zero-order valence-corrected chi connectivity index (χ0v) is 20.3. The van der Waals surface area contributed by atoms with Gasteiger partial charge < -0.3 is 20.3 Å². The lowest BCUT2D eigenvalue weighted by Gasteiger charge is -2.17. The first-order chi connectivity index (χ1) is 16.4. The molecule has 2 N–H and O–H groups in total. The van der Waals surface area contributed by atoms with Crippen LogP contribution in [0.2, 0.25) is 10.0 Å². The molecule has 0 spiro atoms. The molecule has 0 bridgehead atoms. The molecule has 1 atom stereocenters. The van der Waals surface area contributed by atoms with E-state index in [0.29, 0.717) is 40.3 Å². The van der Waals surface area contributed by atoms with Crippen LogP contribution in [0.4, 0.5) is 11.4 Å². The van der Waals surface area contributed by atoms with Crippen LogP contribution in [0.15, 0.2) is 60.0 Å². The minimum Gasteiger partial charge on any atom is -0.484 e. The number of hydrogen-bond donors (Lipinski definition) is 2. The lowest BCUT2D eigenvalue weighted by Crippen LogP contribution is -2.32. The van der Waals surface area contributed by atoms with Gasteiger partial charge in [-0.3, -0.25) is 14.4 Å². The van der Waals surface area contributed by atoms with Crippen molar-refractivity contribution in [1.29, 1.82) is 0 Å². The van der Waals surface area contributed by atoms with Gasteiger partial charge in [-0.15, -0.1) is 11.3 Å². The van der Waals surface area contributed by atoms with Crippen molar-refractivity contribution >= 4 is 63.6 Å². The van der Waals surface area contributed by atoms with Gasteiger partial charge in [-0.05, 0) is 53.9 Å². The minimum atomic E-state index is -0.395. The maximum atomic E-state index is 12.5. The Morgan fingerprint density at radius 2 is 1.88 bits per heavy atom. The van der Waals surface area contributed by atoms with Crippen LogP contribution in [0.25, 0.3) is 0 Å². The maximum absolute atomic E-state index is 12.5. The van der Waals surface area contributed by atoms with Gasteiger partial charge in [0.1, 0.15) is 5.75 Å². The van der Waals surface area contributed by atoms with Crippen LogP contribution >= 0.6 is 34.5 Å². The van der Waals surface area contributed by atoms with Gasteiger partial charge in [0.05, 0.1) is 22.5 Å².